The first kappa shape index (κ1) is 35.8. The number of esters is 1. The van der Waals surface area contributed by atoms with E-state index in [0.717, 1.165) is 6.42 Å². The molecule has 10 nitrogen and oxygen atoms in total. The minimum absolute atomic E-state index is 0.00420. The van der Waals surface area contributed by atoms with E-state index in [-0.39, 0.29) is 41.4 Å². The van der Waals surface area contributed by atoms with Crippen LogP contribution in [0.2, 0.25) is 0 Å². The van der Waals surface area contributed by atoms with Gasteiger partial charge < -0.3 is 19.3 Å². The van der Waals surface area contributed by atoms with Crippen molar-refractivity contribution in [3.8, 4) is 0 Å². The largest absolute Gasteiger partial charge is 0.464 e. The Balaban J connectivity index is 1.56. The van der Waals surface area contributed by atoms with Gasteiger partial charge in [0.05, 0.1) is 6.10 Å². The van der Waals surface area contributed by atoms with E-state index in [1.54, 1.807) is 6.92 Å². The Morgan fingerprint density at radius 2 is 1.64 bits per heavy atom. The van der Waals surface area contributed by atoms with Crippen LogP contribution in [0.4, 0.5) is 22.0 Å². The van der Waals surface area contributed by atoms with Gasteiger partial charge in [0.1, 0.15) is 12.2 Å². The normalized spacial score (nSPS) is 39.8. The van der Waals surface area contributed by atoms with Crippen LogP contribution in [0.3, 0.4) is 0 Å². The number of rotatable bonds is 11. The summed E-state index contributed by atoms with van der Waals surface area (Å²) in [6.45, 7) is 6.68. The lowest BCUT2D eigenvalue weighted by Gasteiger charge is -2.64. The summed E-state index contributed by atoms with van der Waals surface area (Å²) in [6, 6.07) is 0. The second-order valence-electron chi connectivity index (χ2n) is 13.9. The Kier molecular flexibility index (Phi) is 9.95. The lowest BCUT2D eigenvalue weighted by atomic mass is 9.43. The molecule has 45 heavy (non-hydrogen) atoms. The van der Waals surface area contributed by atoms with Gasteiger partial charge in [-0.3, -0.25) is 18.9 Å². The summed E-state index contributed by atoms with van der Waals surface area (Å²) in [5.74, 6) is -2.47. The van der Waals surface area contributed by atoms with Gasteiger partial charge in [0.15, 0.2) is 0 Å². The molecule has 4 aliphatic rings. The SMILES string of the molecule is C[C@H](CCC(=O)OC(C(F)(F)F)C(F)(F)S(=O)(=O)O)[C@H]1CC[C@H]2[C@@H]3[C@H](OC=O)CC4C[C@H](O)CC[C@]4(C)[C@H]3C[C@H](OC=O)[C@]12C. The maximum atomic E-state index is 13.9. The highest BCUT2D eigenvalue weighted by molar-refractivity contribution is 7.86. The van der Waals surface area contributed by atoms with E-state index < -0.39 is 69.7 Å². The molecule has 12 atom stereocenters. The molecule has 0 aromatic rings. The molecule has 0 heterocycles. The number of hydrogen-bond acceptors (Lipinski definition) is 9. The van der Waals surface area contributed by atoms with Crippen LogP contribution in [-0.4, -0.2) is 72.8 Å². The van der Waals surface area contributed by atoms with Gasteiger partial charge in [-0.1, -0.05) is 20.8 Å². The fourth-order valence-corrected chi connectivity index (χ4v) is 10.2. The minimum Gasteiger partial charge on any atom is -0.464 e. The van der Waals surface area contributed by atoms with Gasteiger partial charge in [0, 0.05) is 17.8 Å². The van der Waals surface area contributed by atoms with E-state index >= 15 is 0 Å². The zero-order valence-corrected chi connectivity index (χ0v) is 26.1. The molecule has 4 aliphatic carbocycles. The van der Waals surface area contributed by atoms with Crippen LogP contribution in [0.15, 0.2) is 0 Å². The molecule has 258 valence electrons. The topological polar surface area (TPSA) is 154 Å². The number of hydrogen-bond donors (Lipinski definition) is 2. The Morgan fingerprint density at radius 1 is 1.00 bits per heavy atom. The van der Waals surface area contributed by atoms with E-state index in [9.17, 15) is 49.9 Å². The van der Waals surface area contributed by atoms with E-state index in [4.69, 9.17) is 14.0 Å². The van der Waals surface area contributed by atoms with Crippen molar-refractivity contribution in [1.29, 1.82) is 0 Å². The van der Waals surface area contributed by atoms with Crippen LogP contribution in [0, 0.1) is 46.3 Å². The second kappa shape index (κ2) is 12.5. The van der Waals surface area contributed by atoms with Crippen molar-refractivity contribution in [3.05, 3.63) is 0 Å². The highest BCUT2D eigenvalue weighted by Crippen LogP contribution is 2.69. The molecule has 0 radical (unpaired) electrons. The lowest BCUT2D eigenvalue weighted by molar-refractivity contribution is -0.259. The summed E-state index contributed by atoms with van der Waals surface area (Å²) in [7, 11) is -6.56. The first-order valence-corrected chi connectivity index (χ1v) is 16.6. The van der Waals surface area contributed by atoms with Gasteiger partial charge in [0.25, 0.3) is 19.0 Å². The Labute approximate surface area is 258 Å². The van der Waals surface area contributed by atoms with Crippen LogP contribution in [-0.2, 0) is 38.7 Å². The number of fused-ring (bicyclic) bond motifs is 5. The summed E-state index contributed by atoms with van der Waals surface area (Å²) in [6.07, 6.45) is -8.52. The maximum Gasteiger partial charge on any atom is 0.432 e. The van der Waals surface area contributed by atoms with Crippen molar-refractivity contribution in [3.63, 3.8) is 0 Å². The summed E-state index contributed by atoms with van der Waals surface area (Å²) < 4.78 is 113. The van der Waals surface area contributed by atoms with Crippen molar-refractivity contribution < 1.29 is 68.6 Å². The Hall–Kier alpha value is -2.07. The van der Waals surface area contributed by atoms with Crippen LogP contribution < -0.4 is 0 Å². The molecule has 2 unspecified atom stereocenters. The average Bonchev–Trinajstić information content (AvgIpc) is 3.28. The molecule has 0 spiro atoms. The van der Waals surface area contributed by atoms with Crippen molar-refractivity contribution in [2.75, 3.05) is 0 Å². The lowest BCUT2D eigenvalue weighted by Crippen LogP contribution is -2.63. The van der Waals surface area contributed by atoms with Gasteiger partial charge >= 0.3 is 27.5 Å². The third-order valence-corrected chi connectivity index (χ3v) is 12.8. The van der Waals surface area contributed by atoms with Crippen LogP contribution in [0.1, 0.15) is 78.6 Å². The molecule has 4 saturated carbocycles. The molecule has 0 amide bonds. The van der Waals surface area contributed by atoms with E-state index in [2.05, 4.69) is 11.7 Å². The van der Waals surface area contributed by atoms with Gasteiger partial charge in [-0.15, -0.1) is 0 Å². The monoisotopic (exact) mass is 676 g/mol. The summed E-state index contributed by atoms with van der Waals surface area (Å²) in [4.78, 5) is 35.7. The molecular weight excluding hydrogens is 635 g/mol. The summed E-state index contributed by atoms with van der Waals surface area (Å²) in [5.41, 5.74) is -0.898. The highest BCUT2D eigenvalue weighted by atomic mass is 32.2. The van der Waals surface area contributed by atoms with Gasteiger partial charge in [-0.2, -0.15) is 30.4 Å². The molecule has 0 aliphatic heterocycles. The van der Waals surface area contributed by atoms with Crippen molar-refractivity contribution in [1.82, 2.24) is 0 Å². The van der Waals surface area contributed by atoms with Gasteiger partial charge in [-0.05, 0) is 86.4 Å². The minimum atomic E-state index is -6.56. The number of alkyl halides is 5. The molecule has 0 aromatic carbocycles. The number of aliphatic hydroxyl groups excluding tert-OH is 1. The van der Waals surface area contributed by atoms with E-state index in [0.29, 0.717) is 51.5 Å². The fraction of sp³-hybridized carbons (Fsp3) is 0.897. The third kappa shape index (κ3) is 6.31. The van der Waals surface area contributed by atoms with Crippen molar-refractivity contribution in [2.45, 2.75) is 114 Å². The molecule has 16 heteroatoms. The first-order valence-electron chi connectivity index (χ1n) is 15.2. The molecular formula is C29H41F5O10S. The van der Waals surface area contributed by atoms with Crippen LogP contribution in [0.25, 0.3) is 0 Å². The van der Waals surface area contributed by atoms with Crippen LogP contribution >= 0.6 is 0 Å². The maximum absolute atomic E-state index is 13.9. The van der Waals surface area contributed by atoms with E-state index in [1.165, 1.54) is 0 Å². The van der Waals surface area contributed by atoms with Crippen molar-refractivity contribution >= 4 is 29.0 Å². The Morgan fingerprint density at radius 3 is 2.22 bits per heavy atom. The van der Waals surface area contributed by atoms with E-state index in [1.807, 2.05) is 6.92 Å². The second-order valence-corrected chi connectivity index (χ2v) is 15.4. The molecule has 0 saturated heterocycles. The highest BCUT2D eigenvalue weighted by Gasteiger charge is 2.68. The number of halogens is 5. The zero-order valence-electron chi connectivity index (χ0n) is 25.3. The molecule has 0 bridgehead atoms. The van der Waals surface area contributed by atoms with Crippen molar-refractivity contribution in [2.24, 2.45) is 46.3 Å². The molecule has 4 rings (SSSR count). The van der Waals surface area contributed by atoms with Crippen LogP contribution in [0.5, 0.6) is 0 Å². The van der Waals surface area contributed by atoms with Gasteiger partial charge in [0.2, 0.25) is 0 Å². The molecule has 0 aromatic heterocycles. The zero-order chi connectivity index (χ0) is 33.8. The predicted molar refractivity (Wildman–Crippen MR) is 145 cm³/mol. The number of carbonyl (C=O) groups excluding carboxylic acids is 3. The third-order valence-electron chi connectivity index (χ3n) is 11.9. The molecule has 4 fully saturated rings. The number of carbonyl (C=O) groups is 3. The summed E-state index contributed by atoms with van der Waals surface area (Å²) in [5, 5.41) is 4.59. The number of aliphatic hydroxyl groups is 1. The fourth-order valence-electron chi connectivity index (χ4n) is 9.76. The smallest absolute Gasteiger partial charge is 0.432 e. The summed E-state index contributed by atoms with van der Waals surface area (Å²) >= 11 is 0. The first-order chi connectivity index (χ1) is 20.7. The number of ether oxygens (including phenoxy) is 3. The molecule has 2 N–H and O–H groups in total. The Bertz CT molecular complexity index is 1230. The standard InChI is InChI=1S/C29H41F5O10S/c1-15(4-7-23(38)44-25(28(30,31)32)29(33,34)45(39,40)41)18-5-6-19-24-20(12-22(43-14-36)27(18,19)3)26(2)9-8-17(37)10-16(26)11-21(24)42-13-35/h13-22,24-25,37H,4-12H2,1-3H3,(H,39,40,41)/t15-,16?,17-,18-,19+,20+,21-,22+,24+,25?,26+,27-/m1/s1. The predicted octanol–water partition coefficient (Wildman–Crippen LogP) is 4.68. The average molecular weight is 677 g/mol. The van der Waals surface area contributed by atoms with Gasteiger partial charge in [-0.25, -0.2) is 0 Å². The quantitative estimate of drug-likeness (QED) is 0.104.